The van der Waals surface area contributed by atoms with Gasteiger partial charge in [0.1, 0.15) is 5.82 Å². The highest BCUT2D eigenvalue weighted by Gasteiger charge is 2.15. The van der Waals surface area contributed by atoms with Gasteiger partial charge in [0.15, 0.2) is 23.2 Å². The minimum Gasteiger partial charge on any atom is -0.453 e. The van der Waals surface area contributed by atoms with Crippen LogP contribution in [0, 0.1) is 11.7 Å². The van der Waals surface area contributed by atoms with Crippen LogP contribution in [0.4, 0.5) is 9.52 Å². The lowest BCUT2D eigenvalue weighted by Crippen LogP contribution is -2.14. The van der Waals surface area contributed by atoms with Crippen LogP contribution < -0.4 is 5.32 Å². The normalized spacial score (nSPS) is 10.7. The summed E-state index contributed by atoms with van der Waals surface area (Å²) in [7, 11) is 0. The van der Waals surface area contributed by atoms with E-state index in [1.807, 2.05) is 0 Å². The molecule has 0 fully saturated rings. The molecule has 0 aliphatic rings. The maximum Gasteiger partial charge on any atom is 0.358 e. The molecule has 1 N–H and O–H groups in total. The van der Waals surface area contributed by atoms with Crippen molar-refractivity contribution in [3.05, 3.63) is 46.7 Å². The molecule has 0 atom stereocenters. The van der Waals surface area contributed by atoms with Gasteiger partial charge in [0.25, 0.3) is 0 Å². The zero-order valence-corrected chi connectivity index (χ0v) is 14.4. The maximum atomic E-state index is 12.8. The van der Waals surface area contributed by atoms with E-state index in [2.05, 4.69) is 24.1 Å². The highest BCUT2D eigenvalue weighted by atomic mass is 32.1. The van der Waals surface area contributed by atoms with Crippen molar-refractivity contribution in [2.45, 2.75) is 20.3 Å². The molecule has 128 valence electrons. The van der Waals surface area contributed by atoms with Gasteiger partial charge in [-0.25, -0.2) is 14.2 Å². The highest BCUT2D eigenvalue weighted by molar-refractivity contribution is 7.13. The van der Waals surface area contributed by atoms with Crippen molar-refractivity contribution in [3.63, 3.8) is 0 Å². The Kier molecular flexibility index (Phi) is 6.43. The summed E-state index contributed by atoms with van der Waals surface area (Å²) in [4.78, 5) is 27.9. The molecule has 0 unspecified atom stereocenters. The molecule has 1 aromatic carbocycles. The number of nitrogens with one attached hydrogen (secondary N) is 1. The fourth-order valence-corrected chi connectivity index (χ4v) is 2.55. The van der Waals surface area contributed by atoms with E-state index in [0.717, 1.165) is 13.0 Å². The van der Waals surface area contributed by atoms with Crippen LogP contribution in [0.25, 0.3) is 0 Å². The van der Waals surface area contributed by atoms with Gasteiger partial charge in [0, 0.05) is 17.5 Å². The molecule has 24 heavy (non-hydrogen) atoms. The number of ketones is 1. The predicted molar refractivity (Wildman–Crippen MR) is 91.1 cm³/mol. The number of nitrogens with zero attached hydrogens (tertiary/aromatic N) is 1. The SMILES string of the molecule is CC(C)CCNc1nc(C(=O)OCC(=O)c2ccc(F)cc2)cs1. The number of aromatic nitrogens is 1. The molecule has 2 aromatic rings. The Labute approximate surface area is 143 Å². The van der Waals surface area contributed by atoms with Crippen molar-refractivity contribution in [2.75, 3.05) is 18.5 Å². The number of ether oxygens (including phenoxy) is 1. The number of carbonyl (C=O) groups is 2. The number of benzene rings is 1. The quantitative estimate of drug-likeness (QED) is 0.580. The van der Waals surface area contributed by atoms with Crippen molar-refractivity contribution in [2.24, 2.45) is 5.92 Å². The predicted octanol–water partition coefficient (Wildman–Crippen LogP) is 3.78. The van der Waals surface area contributed by atoms with Gasteiger partial charge in [-0.3, -0.25) is 4.79 Å². The van der Waals surface area contributed by atoms with E-state index in [0.29, 0.717) is 16.6 Å². The van der Waals surface area contributed by atoms with E-state index in [-0.39, 0.29) is 5.69 Å². The van der Waals surface area contributed by atoms with E-state index in [4.69, 9.17) is 4.74 Å². The van der Waals surface area contributed by atoms with E-state index in [1.54, 1.807) is 5.38 Å². The Bertz CT molecular complexity index is 698. The summed E-state index contributed by atoms with van der Waals surface area (Å²) in [5, 5.41) is 5.38. The molecular weight excluding hydrogens is 331 g/mol. The Morgan fingerprint density at radius 3 is 2.67 bits per heavy atom. The first kappa shape index (κ1) is 18.1. The molecule has 0 saturated carbocycles. The summed E-state index contributed by atoms with van der Waals surface area (Å²) >= 11 is 1.31. The number of halogens is 1. The zero-order valence-electron chi connectivity index (χ0n) is 13.5. The Hall–Kier alpha value is -2.28. The molecule has 0 radical (unpaired) electrons. The first-order valence-corrected chi connectivity index (χ1v) is 8.49. The van der Waals surface area contributed by atoms with Crippen molar-refractivity contribution in [1.82, 2.24) is 4.98 Å². The van der Waals surface area contributed by atoms with Crippen molar-refractivity contribution < 1.29 is 18.7 Å². The largest absolute Gasteiger partial charge is 0.453 e. The van der Waals surface area contributed by atoms with Gasteiger partial charge in [-0.2, -0.15) is 0 Å². The highest BCUT2D eigenvalue weighted by Crippen LogP contribution is 2.16. The zero-order chi connectivity index (χ0) is 17.5. The second kappa shape index (κ2) is 8.54. The fourth-order valence-electron chi connectivity index (χ4n) is 1.84. The number of esters is 1. The van der Waals surface area contributed by atoms with Crippen molar-refractivity contribution in [1.29, 1.82) is 0 Å². The molecule has 0 aliphatic carbocycles. The molecule has 0 spiro atoms. The van der Waals surface area contributed by atoms with Crippen LogP contribution in [-0.4, -0.2) is 29.9 Å². The summed E-state index contributed by atoms with van der Waals surface area (Å²) < 4.78 is 17.8. The first-order valence-electron chi connectivity index (χ1n) is 7.61. The van der Waals surface area contributed by atoms with E-state index in [1.165, 1.54) is 35.6 Å². The number of hydrogen-bond acceptors (Lipinski definition) is 6. The average molecular weight is 350 g/mol. The fraction of sp³-hybridized carbons (Fsp3) is 0.353. The molecule has 2 rings (SSSR count). The average Bonchev–Trinajstić information content (AvgIpc) is 3.01. The molecule has 5 nitrogen and oxygen atoms in total. The second-order valence-corrected chi connectivity index (χ2v) is 6.51. The standard InChI is InChI=1S/C17H19FN2O3S/c1-11(2)7-8-19-17-20-14(10-24-17)16(22)23-9-15(21)12-3-5-13(18)6-4-12/h3-6,10-11H,7-9H2,1-2H3,(H,19,20). The monoisotopic (exact) mass is 350 g/mol. The van der Waals surface area contributed by atoms with Gasteiger partial charge >= 0.3 is 5.97 Å². The molecule has 7 heteroatoms. The van der Waals surface area contributed by atoms with Crippen LogP contribution >= 0.6 is 11.3 Å². The number of rotatable bonds is 8. The first-order chi connectivity index (χ1) is 11.5. The lowest BCUT2D eigenvalue weighted by atomic mass is 10.1. The van der Waals surface area contributed by atoms with Crippen LogP contribution in [0.3, 0.4) is 0 Å². The van der Waals surface area contributed by atoms with E-state index >= 15 is 0 Å². The Morgan fingerprint density at radius 2 is 2.00 bits per heavy atom. The van der Waals surface area contributed by atoms with Crippen molar-refractivity contribution >= 4 is 28.2 Å². The molecule has 1 heterocycles. The second-order valence-electron chi connectivity index (χ2n) is 5.65. The Balaban J connectivity index is 1.83. The number of hydrogen-bond donors (Lipinski definition) is 1. The molecule has 0 amide bonds. The number of carbonyl (C=O) groups excluding carboxylic acids is 2. The number of thiazole rings is 1. The molecule has 0 bridgehead atoms. The van der Waals surface area contributed by atoms with Crippen molar-refractivity contribution in [3.8, 4) is 0 Å². The van der Waals surface area contributed by atoms with Gasteiger partial charge in [-0.1, -0.05) is 13.8 Å². The third-order valence-corrected chi connectivity index (χ3v) is 4.01. The van der Waals surface area contributed by atoms with Crippen LogP contribution in [0.15, 0.2) is 29.6 Å². The maximum absolute atomic E-state index is 12.8. The third-order valence-electron chi connectivity index (χ3n) is 3.21. The minimum atomic E-state index is -0.654. The minimum absolute atomic E-state index is 0.166. The van der Waals surface area contributed by atoms with E-state index < -0.39 is 24.2 Å². The lowest BCUT2D eigenvalue weighted by Gasteiger charge is -2.05. The van der Waals surface area contributed by atoms with Crippen LogP contribution in [0.2, 0.25) is 0 Å². The smallest absolute Gasteiger partial charge is 0.358 e. The molecular formula is C17H19FN2O3S. The van der Waals surface area contributed by atoms with Gasteiger partial charge in [-0.05, 0) is 36.6 Å². The van der Waals surface area contributed by atoms with Gasteiger partial charge < -0.3 is 10.1 Å². The van der Waals surface area contributed by atoms with Gasteiger partial charge in [0.2, 0.25) is 0 Å². The summed E-state index contributed by atoms with van der Waals surface area (Å²) in [5.74, 6) is -0.893. The van der Waals surface area contributed by atoms with Crippen LogP contribution in [0.5, 0.6) is 0 Å². The lowest BCUT2D eigenvalue weighted by molar-refractivity contribution is 0.0470. The summed E-state index contributed by atoms with van der Waals surface area (Å²) in [6, 6.07) is 5.07. The number of Topliss-reactive ketones (excluding diaryl/α,β-unsaturated/α-hetero) is 1. The third kappa shape index (κ3) is 5.42. The Morgan fingerprint density at radius 1 is 1.29 bits per heavy atom. The van der Waals surface area contributed by atoms with Gasteiger partial charge in [0.05, 0.1) is 0 Å². The number of anilines is 1. The topological polar surface area (TPSA) is 68.3 Å². The summed E-state index contributed by atoms with van der Waals surface area (Å²) in [5.41, 5.74) is 0.456. The summed E-state index contributed by atoms with van der Waals surface area (Å²) in [6.45, 7) is 4.63. The molecule has 0 aliphatic heterocycles. The van der Waals surface area contributed by atoms with E-state index in [9.17, 15) is 14.0 Å². The molecule has 1 aromatic heterocycles. The van der Waals surface area contributed by atoms with Crippen LogP contribution in [0.1, 0.15) is 41.1 Å². The van der Waals surface area contributed by atoms with Crippen LogP contribution in [-0.2, 0) is 4.74 Å². The molecule has 0 saturated heterocycles. The summed E-state index contributed by atoms with van der Waals surface area (Å²) in [6.07, 6.45) is 1.01. The van der Waals surface area contributed by atoms with Gasteiger partial charge in [-0.15, -0.1) is 11.3 Å².